The Bertz CT molecular complexity index is 724. The van der Waals surface area contributed by atoms with E-state index >= 15 is 0 Å². The fraction of sp³-hybridized carbons (Fsp3) is 0.333. The maximum absolute atomic E-state index is 13.9. The van der Waals surface area contributed by atoms with Crippen LogP contribution in [0.15, 0.2) is 42.6 Å². The minimum absolute atomic E-state index is 0.163. The van der Waals surface area contributed by atoms with E-state index in [-0.39, 0.29) is 17.7 Å². The SMILES string of the molecule is CC(O)C(NC(=O)NCCc1ccc(C(F)F)cn1)c1ccccc1F. The van der Waals surface area contributed by atoms with Crippen LogP contribution >= 0.6 is 0 Å². The van der Waals surface area contributed by atoms with Crippen molar-refractivity contribution in [3.05, 3.63) is 65.2 Å². The zero-order chi connectivity index (χ0) is 19.1. The van der Waals surface area contributed by atoms with Gasteiger partial charge >= 0.3 is 6.03 Å². The highest BCUT2D eigenvalue weighted by molar-refractivity contribution is 5.74. The molecule has 2 rings (SSSR count). The van der Waals surface area contributed by atoms with Gasteiger partial charge in [0.15, 0.2) is 0 Å². The summed E-state index contributed by atoms with van der Waals surface area (Å²) < 4.78 is 38.8. The Morgan fingerprint density at radius 1 is 1.23 bits per heavy atom. The number of hydrogen-bond acceptors (Lipinski definition) is 3. The first-order valence-electron chi connectivity index (χ1n) is 8.08. The number of pyridine rings is 1. The van der Waals surface area contributed by atoms with Crippen LogP contribution in [0, 0.1) is 5.82 Å². The molecule has 1 aromatic carbocycles. The van der Waals surface area contributed by atoms with Gasteiger partial charge in [-0.25, -0.2) is 18.0 Å². The lowest BCUT2D eigenvalue weighted by molar-refractivity contribution is 0.144. The summed E-state index contributed by atoms with van der Waals surface area (Å²) in [4.78, 5) is 15.9. The van der Waals surface area contributed by atoms with Crippen molar-refractivity contribution in [2.75, 3.05) is 6.54 Å². The highest BCUT2D eigenvalue weighted by Crippen LogP contribution is 2.20. The van der Waals surface area contributed by atoms with E-state index in [1.165, 1.54) is 37.3 Å². The Morgan fingerprint density at radius 3 is 2.54 bits per heavy atom. The average molecular weight is 367 g/mol. The van der Waals surface area contributed by atoms with E-state index in [9.17, 15) is 23.1 Å². The molecule has 2 aromatic rings. The van der Waals surface area contributed by atoms with Crippen LogP contribution in [0.5, 0.6) is 0 Å². The third-order valence-corrected chi connectivity index (χ3v) is 3.78. The maximum Gasteiger partial charge on any atom is 0.315 e. The van der Waals surface area contributed by atoms with Crippen molar-refractivity contribution >= 4 is 6.03 Å². The molecule has 0 aliphatic rings. The van der Waals surface area contributed by atoms with Gasteiger partial charge in [0, 0.05) is 36.0 Å². The van der Waals surface area contributed by atoms with Crippen molar-refractivity contribution in [3.8, 4) is 0 Å². The average Bonchev–Trinajstić information content (AvgIpc) is 2.60. The lowest BCUT2D eigenvalue weighted by atomic mass is 10.0. The van der Waals surface area contributed by atoms with Crippen molar-refractivity contribution in [1.29, 1.82) is 0 Å². The van der Waals surface area contributed by atoms with E-state index in [1.807, 2.05) is 0 Å². The minimum Gasteiger partial charge on any atom is -0.391 e. The molecule has 8 heteroatoms. The topological polar surface area (TPSA) is 74.2 Å². The highest BCUT2D eigenvalue weighted by Gasteiger charge is 2.22. The van der Waals surface area contributed by atoms with Crippen LogP contribution in [-0.2, 0) is 6.42 Å². The lowest BCUT2D eigenvalue weighted by Gasteiger charge is -2.22. The molecule has 0 saturated heterocycles. The fourth-order valence-electron chi connectivity index (χ4n) is 2.39. The number of urea groups is 1. The molecule has 2 unspecified atom stereocenters. The summed E-state index contributed by atoms with van der Waals surface area (Å²) in [6, 6.07) is 7.14. The van der Waals surface area contributed by atoms with Crippen LogP contribution in [0.2, 0.25) is 0 Å². The van der Waals surface area contributed by atoms with Crippen LogP contribution in [0.3, 0.4) is 0 Å². The van der Waals surface area contributed by atoms with Crippen molar-refractivity contribution in [2.45, 2.75) is 31.9 Å². The first-order valence-corrected chi connectivity index (χ1v) is 8.08. The number of hydrogen-bond donors (Lipinski definition) is 3. The minimum atomic E-state index is -2.57. The molecule has 26 heavy (non-hydrogen) atoms. The number of carbonyl (C=O) groups is 1. The molecule has 1 aromatic heterocycles. The van der Waals surface area contributed by atoms with Gasteiger partial charge in [-0.3, -0.25) is 4.98 Å². The zero-order valence-electron chi connectivity index (χ0n) is 14.1. The number of aliphatic hydroxyl groups excluding tert-OH is 1. The van der Waals surface area contributed by atoms with Crippen molar-refractivity contribution in [3.63, 3.8) is 0 Å². The second-order valence-electron chi connectivity index (χ2n) is 5.77. The number of nitrogens with one attached hydrogen (secondary N) is 2. The Kier molecular flexibility index (Phi) is 6.97. The molecule has 0 aliphatic heterocycles. The van der Waals surface area contributed by atoms with E-state index in [1.54, 1.807) is 6.07 Å². The molecule has 0 radical (unpaired) electrons. The summed E-state index contributed by atoms with van der Waals surface area (Å²) in [5.41, 5.74) is 0.571. The molecule has 2 amide bonds. The third kappa shape index (κ3) is 5.45. The summed E-state index contributed by atoms with van der Waals surface area (Å²) in [6.07, 6.45) is -2.13. The van der Waals surface area contributed by atoms with Crippen LogP contribution < -0.4 is 10.6 Å². The smallest absolute Gasteiger partial charge is 0.315 e. The van der Waals surface area contributed by atoms with Gasteiger partial charge in [0.25, 0.3) is 6.43 Å². The molecule has 0 aliphatic carbocycles. The van der Waals surface area contributed by atoms with E-state index < -0.39 is 30.4 Å². The van der Waals surface area contributed by atoms with Crippen molar-refractivity contribution in [2.24, 2.45) is 0 Å². The van der Waals surface area contributed by atoms with Crippen LogP contribution in [0.1, 0.15) is 36.2 Å². The highest BCUT2D eigenvalue weighted by atomic mass is 19.3. The molecule has 5 nitrogen and oxygen atoms in total. The van der Waals surface area contributed by atoms with Gasteiger partial charge in [0.1, 0.15) is 5.82 Å². The molecule has 0 saturated carbocycles. The van der Waals surface area contributed by atoms with Gasteiger partial charge in [0.05, 0.1) is 12.1 Å². The summed E-state index contributed by atoms with van der Waals surface area (Å²) in [5.74, 6) is -0.526. The molecular weight excluding hydrogens is 347 g/mol. The molecular formula is C18H20F3N3O2. The number of carbonyl (C=O) groups excluding carboxylic acids is 1. The zero-order valence-corrected chi connectivity index (χ0v) is 14.1. The Hall–Kier alpha value is -2.61. The van der Waals surface area contributed by atoms with Crippen molar-refractivity contribution < 1.29 is 23.1 Å². The van der Waals surface area contributed by atoms with Crippen molar-refractivity contribution in [1.82, 2.24) is 15.6 Å². The van der Waals surface area contributed by atoms with Gasteiger partial charge in [-0.05, 0) is 25.1 Å². The number of alkyl halides is 2. The Morgan fingerprint density at radius 2 is 1.96 bits per heavy atom. The van der Waals surface area contributed by atoms with Crippen LogP contribution in [-0.4, -0.2) is 28.8 Å². The molecule has 0 bridgehead atoms. The van der Waals surface area contributed by atoms with Crippen LogP contribution in [0.4, 0.5) is 18.0 Å². The number of amides is 2. The summed E-state index contributed by atoms with van der Waals surface area (Å²) in [5, 5.41) is 14.9. The quantitative estimate of drug-likeness (QED) is 0.704. The fourth-order valence-corrected chi connectivity index (χ4v) is 2.39. The van der Waals surface area contributed by atoms with E-state index in [4.69, 9.17) is 0 Å². The maximum atomic E-state index is 13.9. The molecule has 1 heterocycles. The molecule has 2 atom stereocenters. The number of benzene rings is 1. The van der Waals surface area contributed by atoms with E-state index in [0.717, 1.165) is 6.20 Å². The molecule has 3 N–H and O–H groups in total. The summed E-state index contributed by atoms with van der Waals surface area (Å²) >= 11 is 0. The lowest BCUT2D eigenvalue weighted by Crippen LogP contribution is -2.42. The third-order valence-electron chi connectivity index (χ3n) is 3.78. The number of aromatic nitrogens is 1. The Labute approximate surface area is 149 Å². The summed E-state index contributed by atoms with van der Waals surface area (Å²) in [7, 11) is 0. The van der Waals surface area contributed by atoms with Gasteiger partial charge in [0.2, 0.25) is 0 Å². The first kappa shape index (κ1) is 19.7. The van der Waals surface area contributed by atoms with Gasteiger partial charge in [-0.2, -0.15) is 0 Å². The summed E-state index contributed by atoms with van der Waals surface area (Å²) in [6.45, 7) is 1.66. The molecule has 0 spiro atoms. The molecule has 140 valence electrons. The van der Waals surface area contributed by atoms with Gasteiger partial charge < -0.3 is 15.7 Å². The number of nitrogens with zero attached hydrogens (tertiary/aromatic N) is 1. The predicted octanol–water partition coefficient (Wildman–Crippen LogP) is 3.12. The normalized spacial score (nSPS) is 13.3. The standard InChI is InChI=1S/C18H20F3N3O2/c1-11(25)16(14-4-2-3-5-15(14)19)24-18(26)22-9-8-13-7-6-12(10-23-13)17(20)21/h2-7,10-11,16-17,25H,8-9H2,1H3,(H2,22,24,26). The second-order valence-corrected chi connectivity index (χ2v) is 5.77. The monoisotopic (exact) mass is 367 g/mol. The van der Waals surface area contributed by atoms with E-state index in [0.29, 0.717) is 12.1 Å². The second kappa shape index (κ2) is 9.19. The predicted molar refractivity (Wildman–Crippen MR) is 90.3 cm³/mol. The molecule has 0 fully saturated rings. The first-order chi connectivity index (χ1) is 12.4. The number of rotatable bonds is 7. The number of aliphatic hydroxyl groups is 1. The Balaban J connectivity index is 1.87. The van der Waals surface area contributed by atoms with Gasteiger partial charge in [-0.1, -0.05) is 18.2 Å². The largest absolute Gasteiger partial charge is 0.391 e. The van der Waals surface area contributed by atoms with Crippen LogP contribution in [0.25, 0.3) is 0 Å². The number of halogens is 3. The van der Waals surface area contributed by atoms with E-state index in [2.05, 4.69) is 15.6 Å². The van der Waals surface area contributed by atoms with Gasteiger partial charge in [-0.15, -0.1) is 0 Å².